The molecule has 1 heterocycles. The summed E-state index contributed by atoms with van der Waals surface area (Å²) in [6.07, 6.45) is 3.45. The highest BCUT2D eigenvalue weighted by molar-refractivity contribution is 5.57. The zero-order valence-corrected chi connectivity index (χ0v) is 17.9. The van der Waals surface area contributed by atoms with Crippen LogP contribution in [0.25, 0.3) is 0 Å². The Morgan fingerprint density at radius 2 is 1.69 bits per heavy atom. The zero-order valence-electron chi connectivity index (χ0n) is 17.9. The Balaban J connectivity index is 2.03. The fourth-order valence-electron chi connectivity index (χ4n) is 4.18. The molecule has 7 heteroatoms. The van der Waals surface area contributed by atoms with Gasteiger partial charge in [-0.15, -0.1) is 0 Å². The van der Waals surface area contributed by atoms with E-state index >= 15 is 0 Å². The molecule has 1 fully saturated rings. The van der Waals surface area contributed by atoms with Gasteiger partial charge in [-0.3, -0.25) is 0 Å². The minimum absolute atomic E-state index is 0.0713. The van der Waals surface area contributed by atoms with Crippen molar-refractivity contribution < 1.29 is 0 Å². The number of hydrogen-bond donors (Lipinski definition) is 3. The summed E-state index contributed by atoms with van der Waals surface area (Å²) < 4.78 is 0. The fraction of sp³-hybridized carbons (Fsp3) is 0.682. The van der Waals surface area contributed by atoms with E-state index in [2.05, 4.69) is 40.8 Å². The van der Waals surface area contributed by atoms with E-state index in [1.54, 1.807) is 0 Å². The van der Waals surface area contributed by atoms with Crippen LogP contribution in [-0.4, -0.2) is 57.3 Å². The van der Waals surface area contributed by atoms with Crippen LogP contribution >= 0.6 is 0 Å². The van der Waals surface area contributed by atoms with Crippen molar-refractivity contribution in [1.29, 1.82) is 15.8 Å². The quantitative estimate of drug-likeness (QED) is 0.424. The summed E-state index contributed by atoms with van der Waals surface area (Å²) in [6.45, 7) is 9.92. The van der Waals surface area contributed by atoms with Gasteiger partial charge >= 0.3 is 0 Å². The molecule has 1 aliphatic heterocycles. The zero-order chi connectivity index (χ0) is 21.3. The standard InChI is InChI=1S/C22H33N7/c1-22(2)12-19(17(14-23)15-24)20(16-25)21(13-22)29-10-4-18(5-11-29)28-9-8-27-7-6-26-3/h18,26-28H,4-13H2,1-3H3. The summed E-state index contributed by atoms with van der Waals surface area (Å²) >= 11 is 0. The average molecular weight is 396 g/mol. The van der Waals surface area contributed by atoms with Gasteiger partial charge in [-0.05, 0) is 38.1 Å². The molecule has 3 N–H and O–H groups in total. The molecule has 156 valence electrons. The molecule has 0 aromatic heterocycles. The van der Waals surface area contributed by atoms with Gasteiger partial charge < -0.3 is 20.9 Å². The number of allylic oxidation sites excluding steroid dienone is 4. The molecule has 7 nitrogen and oxygen atoms in total. The van der Waals surface area contributed by atoms with Gasteiger partial charge in [0.05, 0.1) is 5.57 Å². The van der Waals surface area contributed by atoms with Gasteiger partial charge in [0.25, 0.3) is 0 Å². The predicted octanol–water partition coefficient (Wildman–Crippen LogP) is 1.79. The van der Waals surface area contributed by atoms with Crippen LogP contribution < -0.4 is 16.0 Å². The van der Waals surface area contributed by atoms with Crippen LogP contribution in [0.2, 0.25) is 0 Å². The smallest absolute Gasteiger partial charge is 0.134 e. The minimum Gasteiger partial charge on any atom is -0.374 e. The van der Waals surface area contributed by atoms with Crippen LogP contribution in [0, 0.1) is 39.4 Å². The number of rotatable bonds is 8. The number of nitriles is 3. The first kappa shape index (κ1) is 22.9. The van der Waals surface area contributed by atoms with E-state index in [-0.39, 0.29) is 11.0 Å². The van der Waals surface area contributed by atoms with E-state index in [9.17, 15) is 15.8 Å². The van der Waals surface area contributed by atoms with Crippen LogP contribution in [0.5, 0.6) is 0 Å². The fourth-order valence-corrected chi connectivity index (χ4v) is 4.18. The van der Waals surface area contributed by atoms with Gasteiger partial charge in [0.2, 0.25) is 0 Å². The van der Waals surface area contributed by atoms with E-state index in [0.717, 1.165) is 64.2 Å². The van der Waals surface area contributed by atoms with Crippen LogP contribution in [0.1, 0.15) is 39.5 Å². The van der Waals surface area contributed by atoms with Gasteiger partial charge in [-0.2, -0.15) is 15.8 Å². The normalized spacial score (nSPS) is 19.4. The predicted molar refractivity (Wildman–Crippen MR) is 113 cm³/mol. The van der Waals surface area contributed by atoms with E-state index in [0.29, 0.717) is 23.6 Å². The summed E-state index contributed by atoms with van der Waals surface area (Å²) in [4.78, 5) is 2.30. The third-order valence-corrected chi connectivity index (χ3v) is 5.69. The Labute approximate surface area is 175 Å². The first-order valence-electron chi connectivity index (χ1n) is 10.5. The Morgan fingerprint density at radius 1 is 1.03 bits per heavy atom. The number of likely N-dealkylation sites (tertiary alicyclic amines) is 1. The van der Waals surface area contributed by atoms with Crippen molar-refractivity contribution in [3.05, 3.63) is 22.4 Å². The second kappa shape index (κ2) is 11.0. The van der Waals surface area contributed by atoms with Gasteiger partial charge in [0.1, 0.15) is 23.8 Å². The molecule has 1 saturated heterocycles. The Hall–Kier alpha value is -2.37. The van der Waals surface area contributed by atoms with Crippen molar-refractivity contribution in [3.8, 4) is 18.2 Å². The highest BCUT2D eigenvalue weighted by atomic mass is 15.2. The van der Waals surface area contributed by atoms with Crippen molar-refractivity contribution in [1.82, 2.24) is 20.9 Å². The largest absolute Gasteiger partial charge is 0.374 e. The molecule has 0 aromatic rings. The molecule has 0 saturated carbocycles. The summed E-state index contributed by atoms with van der Waals surface area (Å²) in [5.74, 6) is 0. The van der Waals surface area contributed by atoms with Crippen LogP contribution in [0.4, 0.5) is 0 Å². The summed E-state index contributed by atoms with van der Waals surface area (Å²) in [5, 5.41) is 38.7. The molecule has 1 aliphatic carbocycles. The molecular weight excluding hydrogens is 362 g/mol. The van der Waals surface area contributed by atoms with Crippen molar-refractivity contribution >= 4 is 0 Å². The van der Waals surface area contributed by atoms with Crippen LogP contribution in [0.15, 0.2) is 22.4 Å². The lowest BCUT2D eigenvalue weighted by Crippen LogP contribution is -2.45. The van der Waals surface area contributed by atoms with E-state index < -0.39 is 0 Å². The van der Waals surface area contributed by atoms with Crippen molar-refractivity contribution in [2.45, 2.75) is 45.6 Å². The average Bonchev–Trinajstić information content (AvgIpc) is 2.71. The minimum atomic E-state index is -0.0713. The molecule has 2 aliphatic rings. The van der Waals surface area contributed by atoms with Gasteiger partial charge in [0.15, 0.2) is 0 Å². The highest BCUT2D eigenvalue weighted by Crippen LogP contribution is 2.44. The van der Waals surface area contributed by atoms with E-state index in [1.165, 1.54) is 0 Å². The second-order valence-electron chi connectivity index (χ2n) is 8.60. The first-order valence-corrected chi connectivity index (χ1v) is 10.5. The molecule has 0 bridgehead atoms. The van der Waals surface area contributed by atoms with Crippen LogP contribution in [-0.2, 0) is 0 Å². The Bertz CT molecular complexity index is 734. The third kappa shape index (κ3) is 6.31. The Morgan fingerprint density at radius 3 is 2.28 bits per heavy atom. The molecule has 0 spiro atoms. The number of nitrogens with one attached hydrogen (secondary N) is 3. The second-order valence-corrected chi connectivity index (χ2v) is 8.60. The summed E-state index contributed by atoms with van der Waals surface area (Å²) in [6, 6.07) is 6.78. The SMILES string of the molecule is CNCCNCCNC1CCN(C2=C(C#N)C(=C(C#N)C#N)CC(C)(C)C2)CC1. The molecule has 0 unspecified atom stereocenters. The number of hydrogen-bond acceptors (Lipinski definition) is 7. The van der Waals surface area contributed by atoms with E-state index in [4.69, 9.17) is 0 Å². The molecular formula is C22H33N7. The monoisotopic (exact) mass is 395 g/mol. The van der Waals surface area contributed by atoms with Gasteiger partial charge in [0, 0.05) is 56.6 Å². The lowest BCUT2D eigenvalue weighted by Gasteiger charge is -2.41. The maximum Gasteiger partial charge on any atom is 0.134 e. The topological polar surface area (TPSA) is 111 Å². The summed E-state index contributed by atoms with van der Waals surface area (Å²) in [7, 11) is 1.95. The number of nitrogens with zero attached hydrogens (tertiary/aromatic N) is 4. The molecule has 0 aromatic carbocycles. The maximum atomic E-state index is 9.82. The summed E-state index contributed by atoms with van der Waals surface area (Å²) in [5.41, 5.74) is 2.18. The lowest BCUT2D eigenvalue weighted by molar-refractivity contribution is 0.207. The third-order valence-electron chi connectivity index (χ3n) is 5.69. The van der Waals surface area contributed by atoms with Crippen LogP contribution in [0.3, 0.4) is 0 Å². The van der Waals surface area contributed by atoms with E-state index in [1.807, 2.05) is 19.2 Å². The number of likely N-dealkylation sites (N-methyl/N-ethyl adjacent to an activating group) is 1. The molecule has 0 amide bonds. The van der Waals surface area contributed by atoms with Crippen molar-refractivity contribution in [3.63, 3.8) is 0 Å². The number of piperidine rings is 1. The van der Waals surface area contributed by atoms with Gasteiger partial charge in [-0.1, -0.05) is 13.8 Å². The maximum absolute atomic E-state index is 9.82. The highest BCUT2D eigenvalue weighted by Gasteiger charge is 2.35. The lowest BCUT2D eigenvalue weighted by atomic mass is 9.72. The van der Waals surface area contributed by atoms with Crippen molar-refractivity contribution in [2.24, 2.45) is 5.41 Å². The molecule has 2 rings (SSSR count). The van der Waals surface area contributed by atoms with Gasteiger partial charge in [-0.25, -0.2) is 0 Å². The van der Waals surface area contributed by atoms with Crippen molar-refractivity contribution in [2.75, 3.05) is 46.3 Å². The molecule has 0 atom stereocenters. The molecule has 29 heavy (non-hydrogen) atoms. The first-order chi connectivity index (χ1) is 14.0. The molecule has 0 radical (unpaired) electrons. The Kier molecular flexibility index (Phi) is 8.68.